The van der Waals surface area contributed by atoms with Crippen LogP contribution in [0, 0.1) is 0 Å². The number of carbonyl (C=O) groups is 1. The maximum atomic E-state index is 14.3. The van der Waals surface area contributed by atoms with E-state index in [1.54, 1.807) is 34.1 Å². The van der Waals surface area contributed by atoms with Gasteiger partial charge in [-0.25, -0.2) is 14.4 Å². The minimum absolute atomic E-state index is 0.0279. The van der Waals surface area contributed by atoms with Crippen LogP contribution in [0.4, 0.5) is 22.0 Å². The Morgan fingerprint density at radius 2 is 2.16 bits per heavy atom. The number of rotatable bonds is 6. The number of nitrogens with two attached hydrogens (primary N) is 1. The Labute approximate surface area is 178 Å². The van der Waals surface area contributed by atoms with Crippen LogP contribution in [0.2, 0.25) is 0 Å². The number of alkyl halides is 1. The van der Waals surface area contributed by atoms with Crippen molar-refractivity contribution in [1.82, 2.24) is 24.7 Å². The molecule has 3 aromatic heterocycles. The molecule has 11 heteroatoms. The first-order valence-corrected chi connectivity index (χ1v) is 10.1. The molecule has 0 aromatic carbocycles. The lowest BCUT2D eigenvalue weighted by molar-refractivity contribution is 0.0194. The van der Waals surface area contributed by atoms with Gasteiger partial charge in [0, 0.05) is 38.2 Å². The van der Waals surface area contributed by atoms with Gasteiger partial charge in [0.25, 0.3) is 5.91 Å². The normalized spacial score (nSPS) is 19.2. The summed E-state index contributed by atoms with van der Waals surface area (Å²) < 4.78 is 21.2. The van der Waals surface area contributed by atoms with Gasteiger partial charge in [0.2, 0.25) is 5.95 Å². The highest BCUT2D eigenvalue weighted by Gasteiger charge is 2.30. The Bertz CT molecular complexity index is 1100. The number of hydrogen-bond donors (Lipinski definition) is 2. The van der Waals surface area contributed by atoms with Crippen molar-refractivity contribution in [3.63, 3.8) is 0 Å². The lowest BCUT2D eigenvalue weighted by Gasteiger charge is -2.33. The number of piperidine rings is 1. The second kappa shape index (κ2) is 8.42. The Morgan fingerprint density at radius 1 is 1.35 bits per heavy atom. The van der Waals surface area contributed by atoms with Gasteiger partial charge in [0.05, 0.1) is 23.6 Å². The summed E-state index contributed by atoms with van der Waals surface area (Å²) in [5.41, 5.74) is 6.38. The van der Waals surface area contributed by atoms with E-state index in [1.165, 1.54) is 7.11 Å². The largest absolute Gasteiger partial charge is 0.378 e. The molecule has 2 atom stereocenters. The molecule has 0 radical (unpaired) electrons. The molecule has 0 unspecified atom stereocenters. The van der Waals surface area contributed by atoms with E-state index in [1.807, 2.05) is 13.8 Å². The summed E-state index contributed by atoms with van der Waals surface area (Å²) in [5, 5.41) is 8.06. The molecule has 4 rings (SSSR count). The quantitative estimate of drug-likeness (QED) is 0.612. The van der Waals surface area contributed by atoms with Gasteiger partial charge in [-0.15, -0.1) is 0 Å². The van der Waals surface area contributed by atoms with E-state index in [9.17, 15) is 9.18 Å². The van der Waals surface area contributed by atoms with E-state index in [0.29, 0.717) is 35.9 Å². The lowest BCUT2D eigenvalue weighted by Crippen LogP contribution is -2.46. The van der Waals surface area contributed by atoms with Crippen LogP contribution in [0.15, 0.2) is 24.5 Å². The average molecular weight is 428 g/mol. The van der Waals surface area contributed by atoms with Crippen LogP contribution in [-0.4, -0.2) is 63.1 Å². The maximum absolute atomic E-state index is 14.3. The molecule has 0 spiro atoms. The van der Waals surface area contributed by atoms with Gasteiger partial charge < -0.3 is 20.7 Å². The average Bonchev–Trinajstić information content (AvgIpc) is 3.13. The number of nitrogens with zero attached hydrogens (tertiary/aromatic N) is 6. The predicted octanol–water partition coefficient (Wildman–Crippen LogP) is 2.21. The zero-order valence-electron chi connectivity index (χ0n) is 17.6. The van der Waals surface area contributed by atoms with E-state index in [4.69, 9.17) is 10.5 Å². The highest BCUT2D eigenvalue weighted by molar-refractivity contribution is 6.04. The van der Waals surface area contributed by atoms with Crippen molar-refractivity contribution in [2.45, 2.75) is 38.6 Å². The molecular formula is C20H25FN8O2. The van der Waals surface area contributed by atoms with Gasteiger partial charge in [0.1, 0.15) is 17.8 Å². The number of pyridine rings is 1. The topological polar surface area (TPSA) is 124 Å². The molecule has 164 valence electrons. The number of hydrogen-bond acceptors (Lipinski definition) is 8. The zero-order valence-corrected chi connectivity index (χ0v) is 17.6. The molecule has 1 aliphatic rings. The van der Waals surface area contributed by atoms with Crippen molar-refractivity contribution in [2.75, 3.05) is 30.4 Å². The predicted molar refractivity (Wildman–Crippen MR) is 114 cm³/mol. The number of methoxy groups -OCH3 is 1. The third kappa shape index (κ3) is 4.13. The van der Waals surface area contributed by atoms with Gasteiger partial charge in [-0.2, -0.15) is 10.1 Å². The number of halogens is 1. The Kier molecular flexibility index (Phi) is 5.68. The van der Waals surface area contributed by atoms with E-state index in [-0.39, 0.29) is 18.3 Å². The molecule has 10 nitrogen and oxygen atoms in total. The molecule has 0 aliphatic carbocycles. The zero-order chi connectivity index (χ0) is 22.1. The standard InChI is InChI=1S/C20H25FN8O2/c1-11(2)29-14-8-17(24-9-12(14)18(27-29)19(22)30)25-16-4-6-23-20(26-16)28-7-5-15(31-3)13(21)10-28/h4,6,8-9,11,13,15H,5,7,10H2,1-3H3,(H2,22,30)(H,23,24,25,26)/t13-,15+/m1/s1. The molecule has 1 fully saturated rings. The van der Waals surface area contributed by atoms with Gasteiger partial charge in [-0.3, -0.25) is 9.48 Å². The van der Waals surface area contributed by atoms with E-state index in [0.717, 1.165) is 5.52 Å². The Morgan fingerprint density at radius 3 is 2.84 bits per heavy atom. The van der Waals surface area contributed by atoms with Crippen LogP contribution in [-0.2, 0) is 4.74 Å². The Hall–Kier alpha value is -3.34. The first-order chi connectivity index (χ1) is 14.9. The molecular weight excluding hydrogens is 403 g/mol. The second-order valence-corrected chi connectivity index (χ2v) is 7.73. The highest BCUT2D eigenvalue weighted by Crippen LogP contribution is 2.26. The first kappa shape index (κ1) is 20.9. The number of ether oxygens (including phenoxy) is 1. The molecule has 1 saturated heterocycles. The number of amides is 1. The minimum Gasteiger partial charge on any atom is -0.378 e. The maximum Gasteiger partial charge on any atom is 0.269 e. The van der Waals surface area contributed by atoms with Gasteiger partial charge in [-0.1, -0.05) is 0 Å². The molecule has 1 amide bonds. The number of anilines is 3. The van der Waals surface area contributed by atoms with Crippen LogP contribution in [0.5, 0.6) is 0 Å². The van der Waals surface area contributed by atoms with Crippen molar-refractivity contribution in [1.29, 1.82) is 0 Å². The number of aromatic nitrogens is 5. The van der Waals surface area contributed by atoms with Gasteiger partial charge in [0.15, 0.2) is 5.69 Å². The van der Waals surface area contributed by atoms with Crippen LogP contribution in [0.25, 0.3) is 10.9 Å². The number of primary amides is 1. The smallest absolute Gasteiger partial charge is 0.269 e. The lowest BCUT2D eigenvalue weighted by atomic mass is 10.1. The van der Waals surface area contributed by atoms with Crippen molar-refractivity contribution in [3.8, 4) is 0 Å². The number of nitrogens with one attached hydrogen (secondary N) is 1. The molecule has 3 aromatic rings. The Balaban J connectivity index is 1.59. The van der Waals surface area contributed by atoms with Crippen LogP contribution >= 0.6 is 0 Å². The fourth-order valence-corrected chi connectivity index (χ4v) is 3.71. The highest BCUT2D eigenvalue weighted by atomic mass is 19.1. The molecule has 0 saturated carbocycles. The third-order valence-corrected chi connectivity index (χ3v) is 5.28. The summed E-state index contributed by atoms with van der Waals surface area (Å²) in [6.45, 7) is 4.71. The summed E-state index contributed by atoms with van der Waals surface area (Å²) in [4.78, 5) is 26.7. The number of carbonyl (C=O) groups excluding carboxylic acids is 1. The fourth-order valence-electron chi connectivity index (χ4n) is 3.71. The molecule has 3 N–H and O–H groups in total. The summed E-state index contributed by atoms with van der Waals surface area (Å²) >= 11 is 0. The SMILES string of the molecule is CO[C@H]1CCN(c2nccc(Nc3cc4c(cn3)c(C(N)=O)nn4C(C)C)n2)C[C@H]1F. The van der Waals surface area contributed by atoms with E-state index >= 15 is 0 Å². The molecule has 0 bridgehead atoms. The molecule has 1 aliphatic heterocycles. The first-order valence-electron chi connectivity index (χ1n) is 10.1. The van der Waals surface area contributed by atoms with Crippen LogP contribution < -0.4 is 16.0 Å². The second-order valence-electron chi connectivity index (χ2n) is 7.73. The summed E-state index contributed by atoms with van der Waals surface area (Å²) in [6, 6.07) is 3.52. The minimum atomic E-state index is -1.10. The number of fused-ring (bicyclic) bond motifs is 1. The summed E-state index contributed by atoms with van der Waals surface area (Å²) in [5.74, 6) is 0.880. The van der Waals surface area contributed by atoms with Gasteiger partial charge >= 0.3 is 0 Å². The summed E-state index contributed by atoms with van der Waals surface area (Å²) in [7, 11) is 1.52. The monoisotopic (exact) mass is 428 g/mol. The van der Waals surface area contributed by atoms with E-state index < -0.39 is 18.2 Å². The van der Waals surface area contributed by atoms with Crippen LogP contribution in [0.3, 0.4) is 0 Å². The van der Waals surface area contributed by atoms with Crippen molar-refractivity contribution < 1.29 is 13.9 Å². The van der Waals surface area contributed by atoms with Gasteiger partial charge in [-0.05, 0) is 26.3 Å². The molecule has 31 heavy (non-hydrogen) atoms. The summed E-state index contributed by atoms with van der Waals surface area (Å²) in [6.07, 6.45) is 2.25. The fraction of sp³-hybridized carbons (Fsp3) is 0.450. The van der Waals surface area contributed by atoms with E-state index in [2.05, 4.69) is 25.4 Å². The molecule has 4 heterocycles. The van der Waals surface area contributed by atoms with Crippen molar-refractivity contribution in [3.05, 3.63) is 30.2 Å². The van der Waals surface area contributed by atoms with Crippen LogP contribution in [0.1, 0.15) is 36.8 Å². The third-order valence-electron chi connectivity index (χ3n) is 5.28. The van der Waals surface area contributed by atoms with Crippen molar-refractivity contribution in [2.24, 2.45) is 5.73 Å². The van der Waals surface area contributed by atoms with Crippen molar-refractivity contribution >= 4 is 34.4 Å².